The maximum absolute atomic E-state index is 13.5. The zero-order valence-corrected chi connectivity index (χ0v) is 22.2. The van der Waals surface area contributed by atoms with Crippen LogP contribution in [-0.4, -0.2) is 59.8 Å². The van der Waals surface area contributed by atoms with Gasteiger partial charge >= 0.3 is 12.2 Å². The summed E-state index contributed by atoms with van der Waals surface area (Å²) in [5.74, 6) is -0.723. The Kier molecular flexibility index (Phi) is 7.80. The van der Waals surface area contributed by atoms with Crippen molar-refractivity contribution in [1.82, 2.24) is 15.2 Å². The third-order valence-electron chi connectivity index (χ3n) is 5.86. The van der Waals surface area contributed by atoms with Crippen molar-refractivity contribution in [2.75, 3.05) is 42.3 Å². The van der Waals surface area contributed by atoms with E-state index in [-0.39, 0.29) is 22.6 Å². The molecule has 5 rings (SSSR count). The molecule has 0 bridgehead atoms. The first kappa shape index (κ1) is 27.3. The number of benzene rings is 2. The number of amides is 1. The number of carbonyl (C=O) groups is 1. The number of thiazole rings is 1. The van der Waals surface area contributed by atoms with Crippen molar-refractivity contribution in [3.63, 3.8) is 0 Å². The molecular weight excluding hydrogens is 547 g/mol. The summed E-state index contributed by atoms with van der Waals surface area (Å²) >= 11 is 0.466. The number of fused-ring (bicyclic) bond motifs is 1. The summed E-state index contributed by atoms with van der Waals surface area (Å²) < 4.78 is 51.5. The molecule has 2 aromatic heterocycles. The second kappa shape index (κ2) is 11.4. The van der Waals surface area contributed by atoms with Crippen molar-refractivity contribution >= 4 is 39.7 Å². The summed E-state index contributed by atoms with van der Waals surface area (Å²) in [4.78, 5) is 23.1. The summed E-state index contributed by atoms with van der Waals surface area (Å²) in [6.45, 7) is 2.93. The predicted octanol–water partition coefficient (Wildman–Crippen LogP) is 4.91. The van der Waals surface area contributed by atoms with Crippen LogP contribution < -0.4 is 15.5 Å². The Morgan fingerprint density at radius 3 is 2.62 bits per heavy atom. The molecule has 0 saturated heterocycles. The third kappa shape index (κ3) is 5.82. The van der Waals surface area contributed by atoms with Gasteiger partial charge in [0.05, 0.1) is 18.0 Å². The monoisotopic (exact) mass is 571 g/mol. The Labute approximate surface area is 230 Å². The van der Waals surface area contributed by atoms with E-state index in [0.717, 1.165) is 11.1 Å². The smallest absolute Gasteiger partial charge is 0.402 e. The van der Waals surface area contributed by atoms with Gasteiger partial charge in [0.25, 0.3) is 11.8 Å². The molecule has 0 spiro atoms. The van der Waals surface area contributed by atoms with Gasteiger partial charge < -0.3 is 24.7 Å². The highest BCUT2D eigenvalue weighted by atomic mass is 32.1. The lowest BCUT2D eigenvalue weighted by Crippen LogP contribution is -2.32. The Bertz CT molecular complexity index is 1520. The molecule has 10 nitrogen and oxygen atoms in total. The van der Waals surface area contributed by atoms with Crippen molar-refractivity contribution in [3.05, 3.63) is 70.7 Å². The number of benzodiazepines with no additional fused rings is 1. The summed E-state index contributed by atoms with van der Waals surface area (Å²) in [7, 11) is 1.62. The Hall–Kier alpha value is -4.30. The van der Waals surface area contributed by atoms with E-state index in [4.69, 9.17) is 9.15 Å². The SMILES string of the molecule is CCOCCN(C)c1sc(C(F)(F)F)nc1-c1nnc(N[C@H]2N=C(c3ccccc3)c3ccccc3NC2=O)o1. The highest BCUT2D eigenvalue weighted by molar-refractivity contribution is 7.16. The van der Waals surface area contributed by atoms with Crippen LogP contribution in [0, 0.1) is 0 Å². The average molecular weight is 572 g/mol. The lowest BCUT2D eigenvalue weighted by molar-refractivity contribution is -0.137. The minimum atomic E-state index is -4.66. The number of halogens is 3. The fourth-order valence-electron chi connectivity index (χ4n) is 3.95. The first-order valence-corrected chi connectivity index (χ1v) is 13.1. The van der Waals surface area contributed by atoms with Gasteiger partial charge in [-0.05, 0) is 13.0 Å². The molecule has 1 amide bonds. The molecule has 0 fully saturated rings. The topological polar surface area (TPSA) is 118 Å². The normalized spacial score (nSPS) is 15.2. The first-order chi connectivity index (χ1) is 19.2. The van der Waals surface area contributed by atoms with Crippen LogP contribution >= 0.6 is 11.3 Å². The van der Waals surface area contributed by atoms with Crippen LogP contribution in [0.4, 0.5) is 29.9 Å². The van der Waals surface area contributed by atoms with Crippen LogP contribution in [0.25, 0.3) is 11.6 Å². The molecule has 0 saturated carbocycles. The van der Waals surface area contributed by atoms with Gasteiger partial charge in [0, 0.05) is 31.3 Å². The predicted molar refractivity (Wildman–Crippen MR) is 145 cm³/mol. The molecule has 2 aromatic carbocycles. The fraction of sp³-hybridized carbons (Fsp3) is 0.269. The average Bonchev–Trinajstić information content (AvgIpc) is 3.56. The van der Waals surface area contributed by atoms with E-state index in [1.807, 2.05) is 49.4 Å². The molecule has 1 aliphatic heterocycles. The minimum absolute atomic E-state index is 0.122. The third-order valence-corrected chi connectivity index (χ3v) is 7.07. The van der Waals surface area contributed by atoms with E-state index >= 15 is 0 Å². The number of para-hydroxylation sites is 1. The van der Waals surface area contributed by atoms with E-state index in [1.165, 1.54) is 0 Å². The van der Waals surface area contributed by atoms with Gasteiger partial charge in [0.15, 0.2) is 5.69 Å². The molecule has 1 atom stereocenters. The number of aliphatic imine (C=N–C) groups is 1. The molecule has 0 aliphatic carbocycles. The zero-order valence-electron chi connectivity index (χ0n) is 21.4. The first-order valence-electron chi connectivity index (χ1n) is 12.3. The quantitative estimate of drug-likeness (QED) is 0.272. The molecule has 0 unspecified atom stereocenters. The minimum Gasteiger partial charge on any atom is -0.402 e. The summed E-state index contributed by atoms with van der Waals surface area (Å²) in [5.41, 5.74) is 2.51. The fourth-order valence-corrected chi connectivity index (χ4v) is 4.87. The van der Waals surface area contributed by atoms with Gasteiger partial charge in [-0.1, -0.05) is 65.0 Å². The number of ether oxygens (including phenoxy) is 1. The van der Waals surface area contributed by atoms with Crippen molar-refractivity contribution in [1.29, 1.82) is 0 Å². The van der Waals surface area contributed by atoms with Gasteiger partial charge in [-0.2, -0.15) is 13.2 Å². The Balaban J connectivity index is 1.46. The maximum atomic E-state index is 13.5. The van der Waals surface area contributed by atoms with E-state index in [9.17, 15) is 18.0 Å². The lowest BCUT2D eigenvalue weighted by atomic mass is 10.0. The van der Waals surface area contributed by atoms with E-state index in [0.29, 0.717) is 42.5 Å². The molecule has 14 heteroatoms. The highest BCUT2D eigenvalue weighted by Crippen LogP contribution is 2.42. The summed E-state index contributed by atoms with van der Waals surface area (Å²) in [6, 6.07) is 16.4. The summed E-state index contributed by atoms with van der Waals surface area (Å²) in [6.07, 6.45) is -5.83. The Morgan fingerprint density at radius 1 is 1.12 bits per heavy atom. The molecule has 1 aliphatic rings. The van der Waals surface area contributed by atoms with E-state index in [1.54, 1.807) is 24.1 Å². The van der Waals surface area contributed by atoms with Crippen molar-refractivity contribution in [2.45, 2.75) is 19.3 Å². The number of hydrogen-bond donors (Lipinski definition) is 2. The maximum Gasteiger partial charge on any atom is 0.443 e. The highest BCUT2D eigenvalue weighted by Gasteiger charge is 2.38. The van der Waals surface area contributed by atoms with E-state index in [2.05, 4.69) is 30.8 Å². The summed E-state index contributed by atoms with van der Waals surface area (Å²) in [5, 5.41) is 12.6. The number of aromatic nitrogens is 3. The van der Waals surface area contributed by atoms with Crippen molar-refractivity contribution in [2.24, 2.45) is 4.99 Å². The van der Waals surface area contributed by atoms with Crippen LogP contribution in [0.5, 0.6) is 0 Å². The number of nitrogens with one attached hydrogen (secondary N) is 2. The van der Waals surface area contributed by atoms with E-state index < -0.39 is 23.3 Å². The largest absolute Gasteiger partial charge is 0.443 e. The van der Waals surface area contributed by atoms with Crippen LogP contribution in [0.3, 0.4) is 0 Å². The standard InChI is InChI=1S/C26H24F3N7O3S/c1-3-38-14-13-36(2)23-19(32-24(40-23)26(27,28)29)22-34-35-25(39-22)33-20-21(37)30-17-12-8-7-11-16(17)18(31-20)15-9-5-4-6-10-15/h4-12,20H,3,13-14H2,1-2H3,(H,30,37)(H,33,35)/t20-/m1/s1. The van der Waals surface area contributed by atoms with Crippen molar-refractivity contribution < 1.29 is 27.1 Å². The molecule has 0 radical (unpaired) electrons. The van der Waals surface area contributed by atoms with Crippen LogP contribution in [0.1, 0.15) is 23.1 Å². The second-order valence-corrected chi connectivity index (χ2v) is 9.60. The van der Waals surface area contributed by atoms with Crippen LogP contribution in [-0.2, 0) is 15.7 Å². The number of alkyl halides is 3. The van der Waals surface area contributed by atoms with Crippen molar-refractivity contribution in [3.8, 4) is 11.6 Å². The number of nitrogens with zero attached hydrogens (tertiary/aromatic N) is 5. The van der Waals surface area contributed by atoms with Crippen LogP contribution in [0.2, 0.25) is 0 Å². The molecule has 208 valence electrons. The molecular formula is C26H24F3N7O3S. The second-order valence-electron chi connectivity index (χ2n) is 8.63. The number of rotatable bonds is 9. The molecule has 2 N–H and O–H groups in total. The van der Waals surface area contributed by atoms with Gasteiger partial charge in [0.1, 0.15) is 5.00 Å². The zero-order chi connectivity index (χ0) is 28.3. The number of hydrogen-bond acceptors (Lipinski definition) is 10. The lowest BCUT2D eigenvalue weighted by Gasteiger charge is -2.17. The molecule has 40 heavy (non-hydrogen) atoms. The number of anilines is 3. The molecule has 3 heterocycles. The Morgan fingerprint density at radius 2 is 1.88 bits per heavy atom. The van der Waals surface area contributed by atoms with Gasteiger partial charge in [-0.25, -0.2) is 9.98 Å². The number of likely N-dealkylation sites (N-methyl/N-ethyl adjacent to an activating group) is 1. The number of carbonyl (C=O) groups excluding carboxylic acids is 1. The van der Waals surface area contributed by atoms with Gasteiger partial charge in [-0.15, -0.1) is 5.10 Å². The van der Waals surface area contributed by atoms with Gasteiger partial charge in [0.2, 0.25) is 11.2 Å². The van der Waals surface area contributed by atoms with Gasteiger partial charge in [-0.3, -0.25) is 4.79 Å². The molecule has 4 aromatic rings. The van der Waals surface area contributed by atoms with Crippen LogP contribution in [0.15, 0.2) is 64.0 Å².